The predicted molar refractivity (Wildman–Crippen MR) is 50.5 cm³/mol. The maximum Gasteiger partial charge on any atom is 0.137 e. The van der Waals surface area contributed by atoms with Gasteiger partial charge in [0.1, 0.15) is 30.7 Å². The number of nitrogens with two attached hydrogens (primary N) is 1. The van der Waals surface area contributed by atoms with Gasteiger partial charge in [-0.05, 0) is 13.0 Å². The van der Waals surface area contributed by atoms with Crippen molar-refractivity contribution >= 4 is 0 Å². The molecule has 0 spiro atoms. The average molecular weight is 192 g/mol. The maximum absolute atomic E-state index is 5.54. The molecule has 0 saturated carbocycles. The van der Waals surface area contributed by atoms with E-state index >= 15 is 0 Å². The van der Waals surface area contributed by atoms with Crippen molar-refractivity contribution in [2.75, 3.05) is 0 Å². The maximum atomic E-state index is 5.54. The Labute approximate surface area is 81.5 Å². The zero-order chi connectivity index (χ0) is 9.97. The minimum Gasteiger partial charge on any atom is -0.464 e. The molecule has 2 N–H and O–H groups in total. The molecule has 0 saturated heterocycles. The monoisotopic (exact) mass is 192 g/mol. The molecule has 2 aromatic rings. The van der Waals surface area contributed by atoms with Crippen LogP contribution >= 0.6 is 0 Å². The summed E-state index contributed by atoms with van der Waals surface area (Å²) in [5, 5.41) is 3.99. The van der Waals surface area contributed by atoms with Gasteiger partial charge in [-0.25, -0.2) is 9.67 Å². The Morgan fingerprint density at radius 3 is 3.00 bits per heavy atom. The van der Waals surface area contributed by atoms with Crippen LogP contribution in [0.5, 0.6) is 0 Å². The molecular formula is C9H12N4O. The van der Waals surface area contributed by atoms with Gasteiger partial charge in [0.25, 0.3) is 0 Å². The number of nitrogens with zero attached hydrogens (tertiary/aromatic N) is 3. The summed E-state index contributed by atoms with van der Waals surface area (Å²) in [5.41, 5.74) is 6.58. The minimum absolute atomic E-state index is 0.507. The van der Waals surface area contributed by atoms with Crippen LogP contribution in [0.1, 0.15) is 17.1 Å². The lowest BCUT2D eigenvalue weighted by Gasteiger charge is -1.94. The Morgan fingerprint density at radius 2 is 2.43 bits per heavy atom. The Balaban J connectivity index is 2.17. The lowest BCUT2D eigenvalue weighted by molar-refractivity contribution is 0.457. The van der Waals surface area contributed by atoms with E-state index in [1.807, 2.05) is 13.0 Å². The van der Waals surface area contributed by atoms with E-state index in [0.29, 0.717) is 13.1 Å². The summed E-state index contributed by atoms with van der Waals surface area (Å²) in [6, 6.07) is 1.96. The first kappa shape index (κ1) is 8.96. The molecule has 0 aromatic carbocycles. The van der Waals surface area contributed by atoms with Gasteiger partial charge in [-0.15, -0.1) is 0 Å². The zero-order valence-corrected chi connectivity index (χ0v) is 7.97. The molecule has 0 amide bonds. The molecule has 0 atom stereocenters. The summed E-state index contributed by atoms with van der Waals surface area (Å²) < 4.78 is 7.22. The highest BCUT2D eigenvalue weighted by Crippen LogP contribution is 2.14. The molecule has 74 valence electrons. The van der Waals surface area contributed by atoms with Crippen LogP contribution < -0.4 is 5.73 Å². The van der Waals surface area contributed by atoms with Crippen LogP contribution in [0.15, 0.2) is 23.1 Å². The first-order valence-corrected chi connectivity index (χ1v) is 4.40. The third-order valence-corrected chi connectivity index (χ3v) is 2.08. The fourth-order valence-electron chi connectivity index (χ4n) is 1.34. The summed E-state index contributed by atoms with van der Waals surface area (Å²) in [6.07, 6.45) is 3.15. The third-order valence-electron chi connectivity index (χ3n) is 2.08. The largest absolute Gasteiger partial charge is 0.464 e. The van der Waals surface area contributed by atoms with Crippen molar-refractivity contribution in [1.82, 2.24) is 14.8 Å². The van der Waals surface area contributed by atoms with Gasteiger partial charge in [-0.3, -0.25) is 0 Å². The Bertz CT molecular complexity index is 404. The summed E-state index contributed by atoms with van der Waals surface area (Å²) in [7, 11) is 0. The standard InChI is InChI=1S/C9H12N4O/c1-7-8(3-10)2-9(14-7)4-13-6-11-5-12-13/h2,5-6H,3-4,10H2,1H3. The second-order valence-electron chi connectivity index (χ2n) is 3.09. The van der Waals surface area contributed by atoms with Crippen LogP contribution in [0.4, 0.5) is 0 Å². The van der Waals surface area contributed by atoms with E-state index in [2.05, 4.69) is 10.1 Å². The molecule has 0 aliphatic carbocycles. The molecule has 0 aliphatic rings. The number of hydrogen-bond donors (Lipinski definition) is 1. The lowest BCUT2D eigenvalue weighted by Crippen LogP contribution is -1.98. The molecule has 0 bridgehead atoms. The molecule has 5 nitrogen and oxygen atoms in total. The van der Waals surface area contributed by atoms with Crippen molar-refractivity contribution in [2.24, 2.45) is 5.73 Å². The SMILES string of the molecule is Cc1oc(Cn2cncn2)cc1CN. The van der Waals surface area contributed by atoms with E-state index in [1.165, 1.54) is 6.33 Å². The van der Waals surface area contributed by atoms with E-state index in [4.69, 9.17) is 10.2 Å². The van der Waals surface area contributed by atoms with Gasteiger partial charge in [0, 0.05) is 12.1 Å². The molecular weight excluding hydrogens is 180 g/mol. The van der Waals surface area contributed by atoms with Crippen molar-refractivity contribution in [2.45, 2.75) is 20.0 Å². The summed E-state index contributed by atoms with van der Waals surface area (Å²) in [5.74, 6) is 1.73. The van der Waals surface area contributed by atoms with Crippen molar-refractivity contribution < 1.29 is 4.42 Å². The van der Waals surface area contributed by atoms with E-state index < -0.39 is 0 Å². The molecule has 14 heavy (non-hydrogen) atoms. The molecule has 2 aromatic heterocycles. The normalized spacial score (nSPS) is 10.7. The fraction of sp³-hybridized carbons (Fsp3) is 0.333. The third kappa shape index (κ3) is 1.67. The van der Waals surface area contributed by atoms with Gasteiger partial charge in [0.2, 0.25) is 0 Å². The fourth-order valence-corrected chi connectivity index (χ4v) is 1.34. The molecule has 2 rings (SSSR count). The van der Waals surface area contributed by atoms with Crippen molar-refractivity contribution in [3.63, 3.8) is 0 Å². The summed E-state index contributed by atoms with van der Waals surface area (Å²) in [4.78, 5) is 3.85. The van der Waals surface area contributed by atoms with Gasteiger partial charge in [0.15, 0.2) is 0 Å². The van der Waals surface area contributed by atoms with Gasteiger partial charge in [0.05, 0.1) is 0 Å². The smallest absolute Gasteiger partial charge is 0.137 e. The first-order chi connectivity index (χ1) is 6.79. The van der Waals surface area contributed by atoms with Crippen molar-refractivity contribution in [1.29, 1.82) is 0 Å². The van der Waals surface area contributed by atoms with Crippen molar-refractivity contribution in [3.05, 3.63) is 35.8 Å². The quantitative estimate of drug-likeness (QED) is 0.776. The Hall–Kier alpha value is -1.62. The van der Waals surface area contributed by atoms with Crippen molar-refractivity contribution in [3.8, 4) is 0 Å². The van der Waals surface area contributed by atoms with Crippen LogP contribution in [0.3, 0.4) is 0 Å². The van der Waals surface area contributed by atoms with Crippen LogP contribution in [-0.2, 0) is 13.1 Å². The first-order valence-electron chi connectivity index (χ1n) is 4.40. The van der Waals surface area contributed by atoms with Gasteiger partial charge in [-0.2, -0.15) is 5.10 Å². The Morgan fingerprint density at radius 1 is 1.57 bits per heavy atom. The molecule has 0 unspecified atom stereocenters. The second kappa shape index (κ2) is 3.63. The number of rotatable bonds is 3. The van der Waals surface area contributed by atoms with E-state index in [0.717, 1.165) is 17.1 Å². The van der Waals surface area contributed by atoms with E-state index in [9.17, 15) is 0 Å². The van der Waals surface area contributed by atoms with Gasteiger partial charge in [-0.1, -0.05) is 0 Å². The molecule has 0 radical (unpaired) electrons. The van der Waals surface area contributed by atoms with E-state index in [-0.39, 0.29) is 0 Å². The summed E-state index contributed by atoms with van der Waals surface area (Å²) in [6.45, 7) is 3.01. The van der Waals surface area contributed by atoms with Crippen LogP contribution in [-0.4, -0.2) is 14.8 Å². The lowest BCUT2D eigenvalue weighted by atomic mass is 10.2. The summed E-state index contributed by atoms with van der Waals surface area (Å²) >= 11 is 0. The molecule has 2 heterocycles. The van der Waals surface area contributed by atoms with E-state index in [1.54, 1.807) is 11.0 Å². The molecule has 0 fully saturated rings. The molecule has 0 aliphatic heterocycles. The van der Waals surface area contributed by atoms with Gasteiger partial charge >= 0.3 is 0 Å². The highest BCUT2D eigenvalue weighted by Gasteiger charge is 2.06. The number of aromatic nitrogens is 3. The minimum atomic E-state index is 0.507. The second-order valence-corrected chi connectivity index (χ2v) is 3.09. The van der Waals surface area contributed by atoms with Crippen LogP contribution in [0, 0.1) is 6.92 Å². The van der Waals surface area contributed by atoms with Crippen LogP contribution in [0.2, 0.25) is 0 Å². The number of hydrogen-bond acceptors (Lipinski definition) is 4. The van der Waals surface area contributed by atoms with Crippen LogP contribution in [0.25, 0.3) is 0 Å². The predicted octanol–water partition coefficient (Wildman–Crippen LogP) is 0.687. The number of furan rings is 1. The molecule has 5 heteroatoms. The zero-order valence-electron chi connectivity index (χ0n) is 7.97. The highest BCUT2D eigenvalue weighted by molar-refractivity contribution is 5.20. The highest BCUT2D eigenvalue weighted by atomic mass is 16.3. The topological polar surface area (TPSA) is 69.9 Å². The average Bonchev–Trinajstić information content (AvgIpc) is 2.76. The van der Waals surface area contributed by atoms with Gasteiger partial charge < -0.3 is 10.2 Å². The number of aryl methyl sites for hydroxylation is 1. The Kier molecular flexibility index (Phi) is 2.32.